The number of hydrogen-bond donors (Lipinski definition) is 0. The van der Waals surface area contributed by atoms with Gasteiger partial charge in [0.1, 0.15) is 5.82 Å². The van der Waals surface area contributed by atoms with Gasteiger partial charge < -0.3 is 4.90 Å². The molecule has 1 aliphatic rings. The summed E-state index contributed by atoms with van der Waals surface area (Å²) >= 11 is 0. The van der Waals surface area contributed by atoms with E-state index in [4.69, 9.17) is 0 Å². The van der Waals surface area contributed by atoms with Crippen molar-refractivity contribution in [3.8, 4) is 0 Å². The SMILES string of the molecule is CC1(C)CCN(c2cnc(C(C)(C)C)nc2)C1=O. The van der Waals surface area contributed by atoms with Gasteiger partial charge in [-0.2, -0.15) is 0 Å². The number of rotatable bonds is 1. The van der Waals surface area contributed by atoms with Gasteiger partial charge in [-0.15, -0.1) is 0 Å². The van der Waals surface area contributed by atoms with Gasteiger partial charge in [-0.3, -0.25) is 4.79 Å². The Hall–Kier alpha value is -1.45. The molecular formula is C14H21N3O. The van der Waals surface area contributed by atoms with Gasteiger partial charge in [-0.25, -0.2) is 9.97 Å². The molecule has 0 unspecified atom stereocenters. The van der Waals surface area contributed by atoms with Gasteiger partial charge in [-0.05, 0) is 6.42 Å². The first-order valence-corrected chi connectivity index (χ1v) is 6.36. The zero-order chi connectivity index (χ0) is 13.6. The van der Waals surface area contributed by atoms with Crippen molar-refractivity contribution in [3.05, 3.63) is 18.2 Å². The van der Waals surface area contributed by atoms with Gasteiger partial charge in [0, 0.05) is 17.4 Å². The first-order valence-electron chi connectivity index (χ1n) is 6.36. The largest absolute Gasteiger partial charge is 0.309 e. The van der Waals surface area contributed by atoms with Crippen molar-refractivity contribution in [2.24, 2.45) is 5.41 Å². The molecule has 1 aromatic heterocycles. The maximum Gasteiger partial charge on any atom is 0.232 e. The molecule has 0 aliphatic carbocycles. The highest BCUT2D eigenvalue weighted by Gasteiger charge is 2.39. The minimum atomic E-state index is -0.261. The molecule has 1 aliphatic heterocycles. The van der Waals surface area contributed by atoms with Crippen molar-refractivity contribution in [1.82, 2.24) is 9.97 Å². The third-order valence-electron chi connectivity index (χ3n) is 3.41. The molecule has 0 radical (unpaired) electrons. The summed E-state index contributed by atoms with van der Waals surface area (Å²) in [5.41, 5.74) is 0.480. The second-order valence-electron chi connectivity index (χ2n) is 6.61. The second-order valence-corrected chi connectivity index (χ2v) is 6.61. The van der Waals surface area contributed by atoms with Crippen LogP contribution in [0.1, 0.15) is 46.9 Å². The maximum atomic E-state index is 12.2. The number of hydrogen-bond acceptors (Lipinski definition) is 3. The van der Waals surface area contributed by atoms with Gasteiger partial charge in [-0.1, -0.05) is 34.6 Å². The third-order valence-corrected chi connectivity index (χ3v) is 3.41. The summed E-state index contributed by atoms with van der Waals surface area (Å²) in [6.45, 7) is 11.0. The third kappa shape index (κ3) is 2.24. The van der Waals surface area contributed by atoms with Crippen LogP contribution in [0.4, 0.5) is 5.69 Å². The first-order chi connectivity index (χ1) is 8.22. The zero-order valence-corrected chi connectivity index (χ0v) is 11.8. The molecule has 2 rings (SSSR count). The van der Waals surface area contributed by atoms with Crippen LogP contribution in [0, 0.1) is 5.41 Å². The van der Waals surface area contributed by atoms with Crippen molar-refractivity contribution in [1.29, 1.82) is 0 Å². The Morgan fingerprint density at radius 3 is 2.17 bits per heavy atom. The minimum absolute atomic E-state index is 0.0627. The molecule has 1 amide bonds. The summed E-state index contributed by atoms with van der Waals surface area (Å²) < 4.78 is 0. The Labute approximate surface area is 108 Å². The molecule has 0 aromatic carbocycles. The van der Waals surface area contributed by atoms with Gasteiger partial charge in [0.05, 0.1) is 18.1 Å². The molecule has 18 heavy (non-hydrogen) atoms. The van der Waals surface area contributed by atoms with Crippen LogP contribution < -0.4 is 4.90 Å². The number of nitrogens with zero attached hydrogens (tertiary/aromatic N) is 3. The summed E-state index contributed by atoms with van der Waals surface area (Å²) in [6, 6.07) is 0. The Bertz CT molecular complexity index is 457. The van der Waals surface area contributed by atoms with Gasteiger partial charge in [0.25, 0.3) is 0 Å². The van der Waals surface area contributed by atoms with E-state index in [0.717, 1.165) is 24.5 Å². The molecule has 1 saturated heterocycles. The highest BCUT2D eigenvalue weighted by Crippen LogP contribution is 2.33. The van der Waals surface area contributed by atoms with Crippen LogP contribution in [0.25, 0.3) is 0 Å². The number of anilines is 1. The van der Waals surface area contributed by atoms with Crippen molar-refractivity contribution < 1.29 is 4.79 Å². The van der Waals surface area contributed by atoms with E-state index in [9.17, 15) is 4.79 Å². The van der Waals surface area contributed by atoms with E-state index in [1.54, 1.807) is 17.3 Å². The maximum absolute atomic E-state index is 12.2. The van der Waals surface area contributed by atoms with Crippen LogP contribution in [-0.4, -0.2) is 22.4 Å². The van der Waals surface area contributed by atoms with Crippen molar-refractivity contribution in [2.45, 2.75) is 46.5 Å². The first kappa shape index (κ1) is 13.0. The Balaban J connectivity index is 2.24. The van der Waals surface area contributed by atoms with E-state index < -0.39 is 0 Å². The summed E-state index contributed by atoms with van der Waals surface area (Å²) in [6.07, 6.45) is 4.40. The van der Waals surface area contributed by atoms with Crippen LogP contribution in [-0.2, 0) is 10.2 Å². The van der Waals surface area contributed by atoms with E-state index in [2.05, 4.69) is 30.7 Å². The number of amides is 1. The molecule has 0 N–H and O–H groups in total. The highest BCUT2D eigenvalue weighted by atomic mass is 16.2. The Morgan fingerprint density at radius 1 is 1.22 bits per heavy atom. The predicted molar refractivity (Wildman–Crippen MR) is 71.5 cm³/mol. The van der Waals surface area contributed by atoms with Crippen LogP contribution >= 0.6 is 0 Å². The monoisotopic (exact) mass is 247 g/mol. The van der Waals surface area contributed by atoms with E-state index in [-0.39, 0.29) is 16.7 Å². The molecule has 98 valence electrons. The molecule has 0 bridgehead atoms. The van der Waals surface area contributed by atoms with Crippen LogP contribution in [0.15, 0.2) is 12.4 Å². The smallest absolute Gasteiger partial charge is 0.232 e. The average Bonchev–Trinajstić information content (AvgIpc) is 2.53. The second kappa shape index (κ2) is 4.04. The lowest BCUT2D eigenvalue weighted by atomic mass is 9.92. The molecule has 0 saturated carbocycles. The normalized spacial score (nSPS) is 19.4. The summed E-state index contributed by atoms with van der Waals surface area (Å²) in [4.78, 5) is 22.7. The van der Waals surface area contributed by atoms with Crippen molar-refractivity contribution in [2.75, 3.05) is 11.4 Å². The Kier molecular flexibility index (Phi) is 2.92. The van der Waals surface area contributed by atoms with Gasteiger partial charge >= 0.3 is 0 Å². The van der Waals surface area contributed by atoms with Crippen LogP contribution in [0.3, 0.4) is 0 Å². The fourth-order valence-corrected chi connectivity index (χ4v) is 2.06. The molecule has 2 heterocycles. The molecular weight excluding hydrogens is 226 g/mol. The average molecular weight is 247 g/mol. The lowest BCUT2D eigenvalue weighted by Crippen LogP contribution is -2.31. The summed E-state index contributed by atoms with van der Waals surface area (Å²) in [7, 11) is 0. The zero-order valence-electron chi connectivity index (χ0n) is 11.8. The molecule has 0 atom stereocenters. The van der Waals surface area contributed by atoms with Gasteiger partial charge in [0.15, 0.2) is 0 Å². The fraction of sp³-hybridized carbons (Fsp3) is 0.643. The van der Waals surface area contributed by atoms with E-state index in [1.807, 2.05) is 13.8 Å². The van der Waals surface area contributed by atoms with Crippen LogP contribution in [0.2, 0.25) is 0 Å². The van der Waals surface area contributed by atoms with E-state index >= 15 is 0 Å². The molecule has 4 heteroatoms. The Morgan fingerprint density at radius 2 is 1.78 bits per heavy atom. The number of carbonyl (C=O) groups is 1. The summed E-state index contributed by atoms with van der Waals surface area (Å²) in [5, 5.41) is 0. The fourth-order valence-electron chi connectivity index (χ4n) is 2.06. The lowest BCUT2D eigenvalue weighted by Gasteiger charge is -2.21. The van der Waals surface area contributed by atoms with E-state index in [1.165, 1.54) is 0 Å². The lowest BCUT2D eigenvalue weighted by molar-refractivity contribution is -0.123. The standard InChI is InChI=1S/C14H21N3O/c1-13(2,3)11-15-8-10(9-16-11)17-7-6-14(4,5)12(17)18/h8-9H,6-7H2,1-5H3. The molecule has 0 spiro atoms. The highest BCUT2D eigenvalue weighted by molar-refractivity contribution is 5.99. The van der Waals surface area contributed by atoms with Gasteiger partial charge in [0.2, 0.25) is 5.91 Å². The summed E-state index contributed by atoms with van der Waals surface area (Å²) in [5.74, 6) is 0.965. The van der Waals surface area contributed by atoms with E-state index in [0.29, 0.717) is 0 Å². The van der Waals surface area contributed by atoms with Crippen molar-refractivity contribution in [3.63, 3.8) is 0 Å². The number of aromatic nitrogens is 2. The molecule has 1 aromatic rings. The molecule has 4 nitrogen and oxygen atoms in total. The number of carbonyl (C=O) groups excluding carboxylic acids is 1. The molecule has 1 fully saturated rings. The minimum Gasteiger partial charge on any atom is -0.309 e. The quantitative estimate of drug-likeness (QED) is 0.766. The predicted octanol–water partition coefficient (Wildman–Crippen LogP) is 2.54. The topological polar surface area (TPSA) is 46.1 Å². The van der Waals surface area contributed by atoms with Crippen LogP contribution in [0.5, 0.6) is 0 Å². The van der Waals surface area contributed by atoms with Crippen molar-refractivity contribution >= 4 is 11.6 Å².